The summed E-state index contributed by atoms with van der Waals surface area (Å²) in [5, 5.41) is 7.81. The van der Waals surface area contributed by atoms with Crippen molar-refractivity contribution in [2.45, 2.75) is 51.4 Å². The zero-order valence-electron chi connectivity index (χ0n) is 30.8. The number of para-hydroxylation sites is 1. The highest BCUT2D eigenvalue weighted by Gasteiger charge is 2.41. The van der Waals surface area contributed by atoms with E-state index < -0.39 is 0 Å². The number of rotatable bonds is 3. The predicted molar refractivity (Wildman–Crippen MR) is 226 cm³/mol. The summed E-state index contributed by atoms with van der Waals surface area (Å²) < 4.78 is 0. The zero-order valence-corrected chi connectivity index (χ0v) is 30.8. The fraction of sp³-hybridized carbons (Fsp3) is 0.154. The van der Waals surface area contributed by atoms with Gasteiger partial charge in [-0.15, -0.1) is 0 Å². The molecule has 0 unspecified atom stereocenters. The standard InChI is InChI=1S/C52H41N/c1-51(2)43-28-34-18-10-8-16-32(34)26-41(43)49-39-24-14-12-22-37(39)47(30-45(49)51)53(36-20-6-5-7-21-36)48-31-46-50(40-25-15-13-23-38(40)48)42-27-33-17-9-11-19-35(33)29-44(42)52(46,3)4/h5-14,16-24,26-31H,15,25H2,1-4H3. The number of benzene rings is 8. The van der Waals surface area contributed by atoms with Gasteiger partial charge in [-0.1, -0.05) is 131 Å². The molecule has 0 bridgehead atoms. The van der Waals surface area contributed by atoms with Crippen LogP contribution in [-0.4, -0.2) is 0 Å². The average Bonchev–Trinajstić information content (AvgIpc) is 3.55. The van der Waals surface area contributed by atoms with Crippen LogP contribution >= 0.6 is 0 Å². The van der Waals surface area contributed by atoms with E-state index in [4.69, 9.17) is 0 Å². The van der Waals surface area contributed by atoms with Crippen LogP contribution in [-0.2, 0) is 17.3 Å². The fourth-order valence-electron chi connectivity index (χ4n) is 10.1. The summed E-state index contributed by atoms with van der Waals surface area (Å²) in [5.74, 6) is 0. The van der Waals surface area contributed by atoms with Gasteiger partial charge in [0.15, 0.2) is 0 Å². The molecule has 0 saturated carbocycles. The molecule has 254 valence electrons. The lowest BCUT2D eigenvalue weighted by molar-refractivity contribution is 0.660. The smallest absolute Gasteiger partial charge is 0.0543 e. The third-order valence-electron chi connectivity index (χ3n) is 12.8. The maximum atomic E-state index is 2.59. The monoisotopic (exact) mass is 679 g/mol. The first-order valence-electron chi connectivity index (χ1n) is 19.2. The molecule has 3 aliphatic carbocycles. The van der Waals surface area contributed by atoms with E-state index in [0.717, 1.165) is 12.8 Å². The van der Waals surface area contributed by atoms with Crippen molar-refractivity contribution in [1.29, 1.82) is 0 Å². The van der Waals surface area contributed by atoms with Gasteiger partial charge in [0.05, 0.1) is 11.4 Å². The lowest BCUT2D eigenvalue weighted by Gasteiger charge is -2.34. The zero-order chi connectivity index (χ0) is 35.6. The first kappa shape index (κ1) is 30.7. The van der Waals surface area contributed by atoms with Gasteiger partial charge in [0.2, 0.25) is 0 Å². The lowest BCUT2D eigenvalue weighted by atomic mass is 9.79. The van der Waals surface area contributed by atoms with Gasteiger partial charge in [-0.05, 0) is 138 Å². The van der Waals surface area contributed by atoms with Crippen LogP contribution in [0.1, 0.15) is 67.5 Å². The molecule has 1 nitrogen and oxygen atoms in total. The van der Waals surface area contributed by atoms with E-state index in [2.05, 4.69) is 184 Å². The lowest BCUT2D eigenvalue weighted by Crippen LogP contribution is -2.20. The predicted octanol–water partition coefficient (Wildman–Crippen LogP) is 14.2. The van der Waals surface area contributed by atoms with Crippen LogP contribution in [0.5, 0.6) is 0 Å². The summed E-state index contributed by atoms with van der Waals surface area (Å²) in [6, 6.07) is 52.7. The third kappa shape index (κ3) is 4.20. The molecule has 11 rings (SSSR count). The molecular formula is C52H41N. The number of fused-ring (bicyclic) bond motifs is 12. The first-order valence-corrected chi connectivity index (χ1v) is 19.2. The van der Waals surface area contributed by atoms with Gasteiger partial charge >= 0.3 is 0 Å². The maximum absolute atomic E-state index is 2.59. The van der Waals surface area contributed by atoms with Crippen LogP contribution < -0.4 is 4.90 Å². The summed E-state index contributed by atoms with van der Waals surface area (Å²) >= 11 is 0. The van der Waals surface area contributed by atoms with Gasteiger partial charge in [0.25, 0.3) is 0 Å². The molecule has 0 amide bonds. The number of nitrogens with zero attached hydrogens (tertiary/aromatic N) is 1. The molecule has 0 atom stereocenters. The molecule has 0 radical (unpaired) electrons. The van der Waals surface area contributed by atoms with E-state index >= 15 is 0 Å². The summed E-state index contributed by atoms with van der Waals surface area (Å²) in [6.07, 6.45) is 6.89. The highest BCUT2D eigenvalue weighted by Crippen LogP contribution is 2.58. The third-order valence-corrected chi connectivity index (χ3v) is 12.8. The van der Waals surface area contributed by atoms with Gasteiger partial charge in [-0.25, -0.2) is 0 Å². The Morgan fingerprint density at radius 3 is 1.62 bits per heavy atom. The first-order chi connectivity index (χ1) is 25.8. The van der Waals surface area contributed by atoms with Crippen LogP contribution in [0.25, 0.3) is 60.6 Å². The Bertz CT molecular complexity index is 2890. The Labute approximate surface area is 311 Å². The van der Waals surface area contributed by atoms with Gasteiger partial charge < -0.3 is 4.90 Å². The van der Waals surface area contributed by atoms with E-state index in [-0.39, 0.29) is 10.8 Å². The summed E-state index contributed by atoms with van der Waals surface area (Å²) in [7, 11) is 0. The number of hydrogen-bond donors (Lipinski definition) is 0. The Hall–Kier alpha value is -5.92. The van der Waals surface area contributed by atoms with Crippen LogP contribution in [0, 0.1) is 0 Å². The molecule has 3 aliphatic rings. The minimum absolute atomic E-state index is 0.145. The van der Waals surface area contributed by atoms with Crippen molar-refractivity contribution in [3.05, 3.63) is 179 Å². The summed E-state index contributed by atoms with van der Waals surface area (Å²) in [5.41, 5.74) is 17.4. The molecule has 0 aliphatic heterocycles. The van der Waals surface area contributed by atoms with Crippen LogP contribution in [0.15, 0.2) is 146 Å². The fourth-order valence-corrected chi connectivity index (χ4v) is 10.1. The Morgan fingerprint density at radius 1 is 0.472 bits per heavy atom. The van der Waals surface area contributed by atoms with Gasteiger partial charge in [0, 0.05) is 27.5 Å². The van der Waals surface area contributed by atoms with E-state index in [9.17, 15) is 0 Å². The van der Waals surface area contributed by atoms with E-state index in [1.165, 1.54) is 105 Å². The number of allylic oxidation sites excluding steroid dienone is 1. The molecule has 0 saturated heterocycles. The molecule has 0 aromatic heterocycles. The van der Waals surface area contributed by atoms with Crippen molar-refractivity contribution < 1.29 is 0 Å². The number of hydrogen-bond acceptors (Lipinski definition) is 1. The van der Waals surface area contributed by atoms with Gasteiger partial charge in [-0.3, -0.25) is 0 Å². The second-order valence-corrected chi connectivity index (χ2v) is 16.4. The second-order valence-electron chi connectivity index (χ2n) is 16.4. The van der Waals surface area contributed by atoms with Gasteiger partial charge in [-0.2, -0.15) is 0 Å². The summed E-state index contributed by atoms with van der Waals surface area (Å²) in [6.45, 7) is 9.70. The van der Waals surface area contributed by atoms with E-state index in [0.29, 0.717) is 0 Å². The maximum Gasteiger partial charge on any atom is 0.0543 e. The minimum atomic E-state index is -0.168. The number of anilines is 3. The van der Waals surface area contributed by atoms with Crippen molar-refractivity contribution in [2.24, 2.45) is 0 Å². The molecule has 0 fully saturated rings. The van der Waals surface area contributed by atoms with Crippen LogP contribution in [0.4, 0.5) is 17.1 Å². The van der Waals surface area contributed by atoms with Crippen LogP contribution in [0.3, 0.4) is 0 Å². The highest BCUT2D eigenvalue weighted by atomic mass is 15.1. The largest absolute Gasteiger partial charge is 0.309 e. The molecule has 1 heteroatoms. The molecule has 0 heterocycles. The van der Waals surface area contributed by atoms with Crippen LogP contribution in [0.2, 0.25) is 0 Å². The SMILES string of the molecule is CC1(C)c2cc3ccccc3cc2-c2c1cc(N(c1ccccc1)c1cc3c(c4ccccc14)-c1cc4ccccc4cc1C3(C)C)c1c2CCC=C1. The molecule has 0 N–H and O–H groups in total. The second kappa shape index (κ2) is 10.8. The topological polar surface area (TPSA) is 3.24 Å². The quantitative estimate of drug-likeness (QED) is 0.180. The van der Waals surface area contributed by atoms with Crippen molar-refractivity contribution in [3.63, 3.8) is 0 Å². The van der Waals surface area contributed by atoms with Gasteiger partial charge in [0.1, 0.15) is 0 Å². The Morgan fingerprint density at radius 2 is 0.981 bits per heavy atom. The van der Waals surface area contributed by atoms with Crippen molar-refractivity contribution in [3.8, 4) is 22.3 Å². The minimum Gasteiger partial charge on any atom is -0.309 e. The molecular weight excluding hydrogens is 639 g/mol. The van der Waals surface area contributed by atoms with Crippen molar-refractivity contribution in [2.75, 3.05) is 4.90 Å². The summed E-state index contributed by atoms with van der Waals surface area (Å²) in [4.78, 5) is 2.59. The van der Waals surface area contributed by atoms with E-state index in [1.807, 2.05) is 0 Å². The molecule has 8 aromatic carbocycles. The van der Waals surface area contributed by atoms with E-state index in [1.54, 1.807) is 0 Å². The molecule has 0 spiro atoms. The van der Waals surface area contributed by atoms with Crippen molar-refractivity contribution >= 4 is 55.5 Å². The molecule has 8 aromatic rings. The average molecular weight is 680 g/mol. The Balaban J connectivity index is 1.22. The molecule has 53 heavy (non-hydrogen) atoms. The van der Waals surface area contributed by atoms with Crippen molar-refractivity contribution in [1.82, 2.24) is 0 Å². The normalized spacial score (nSPS) is 15.6. The Kier molecular flexibility index (Phi) is 6.26. The highest BCUT2D eigenvalue weighted by molar-refractivity contribution is 6.12.